The summed E-state index contributed by atoms with van der Waals surface area (Å²) in [5, 5.41) is 22.8. The topological polar surface area (TPSA) is 104 Å². The number of rotatable bonds is 10. The molecule has 188 valence electrons. The minimum absolute atomic E-state index is 0.0538. The Morgan fingerprint density at radius 1 is 1.08 bits per heavy atom. The number of hydrogen-bond acceptors (Lipinski definition) is 6. The summed E-state index contributed by atoms with van der Waals surface area (Å²) < 4.78 is 38.6. The molecule has 1 atom stereocenters. The van der Waals surface area contributed by atoms with Gasteiger partial charge in [-0.2, -0.15) is 0 Å². The number of aromatic amines is 1. The highest BCUT2D eigenvalue weighted by Crippen LogP contribution is 2.34. The molecule has 0 spiro atoms. The summed E-state index contributed by atoms with van der Waals surface area (Å²) in [6.07, 6.45) is 1.39. The van der Waals surface area contributed by atoms with Crippen LogP contribution in [-0.2, 0) is 6.61 Å². The van der Waals surface area contributed by atoms with Crippen molar-refractivity contribution in [3.63, 3.8) is 0 Å². The smallest absolute Gasteiger partial charge is 0.191 e. The van der Waals surface area contributed by atoms with Crippen LogP contribution in [0.3, 0.4) is 0 Å². The Bertz CT molecular complexity index is 1410. The molecule has 4 rings (SSSR count). The quantitative estimate of drug-likeness (QED) is 0.221. The van der Waals surface area contributed by atoms with Gasteiger partial charge < -0.3 is 30.0 Å². The van der Waals surface area contributed by atoms with Gasteiger partial charge in [-0.3, -0.25) is 4.79 Å². The number of fused-ring (bicyclic) bond motifs is 1. The summed E-state index contributed by atoms with van der Waals surface area (Å²) in [5.41, 5.74) is 1.67. The van der Waals surface area contributed by atoms with E-state index in [4.69, 9.17) is 26.2 Å². The number of aliphatic hydroxyl groups excluding tert-OH is 2. The van der Waals surface area contributed by atoms with E-state index in [0.717, 1.165) is 12.1 Å². The molecular weight excluding hydrogens is 494 g/mol. The second kappa shape index (κ2) is 10.9. The molecule has 36 heavy (non-hydrogen) atoms. The zero-order chi connectivity index (χ0) is 25.8. The van der Waals surface area contributed by atoms with Gasteiger partial charge in [-0.25, -0.2) is 8.78 Å². The maximum Gasteiger partial charge on any atom is 0.191 e. The molecule has 7 nitrogen and oxygen atoms in total. The lowest BCUT2D eigenvalue weighted by Crippen LogP contribution is -2.23. The zero-order valence-corrected chi connectivity index (χ0v) is 19.9. The lowest BCUT2D eigenvalue weighted by Gasteiger charge is -2.22. The summed E-state index contributed by atoms with van der Waals surface area (Å²) in [7, 11) is 1.47. The van der Waals surface area contributed by atoms with Crippen molar-refractivity contribution in [3.8, 4) is 11.5 Å². The number of aliphatic hydroxyl groups is 2. The highest BCUT2D eigenvalue weighted by molar-refractivity contribution is 6.30. The second-order valence-corrected chi connectivity index (χ2v) is 8.36. The normalized spacial score (nSPS) is 11.9. The monoisotopic (exact) mass is 516 g/mol. The Morgan fingerprint density at radius 3 is 2.56 bits per heavy atom. The van der Waals surface area contributed by atoms with E-state index in [0.29, 0.717) is 33.3 Å². The molecule has 0 aliphatic rings. The van der Waals surface area contributed by atoms with E-state index >= 15 is 0 Å². The van der Waals surface area contributed by atoms with E-state index < -0.39 is 30.1 Å². The van der Waals surface area contributed by atoms with Crippen LogP contribution in [0, 0.1) is 11.6 Å². The van der Waals surface area contributed by atoms with Gasteiger partial charge in [0.1, 0.15) is 24.1 Å². The molecular formula is C26H23ClF2N2O5. The Labute approximate surface area is 210 Å². The molecule has 3 aromatic carbocycles. The van der Waals surface area contributed by atoms with Crippen molar-refractivity contribution in [2.45, 2.75) is 12.6 Å². The van der Waals surface area contributed by atoms with Crippen LogP contribution in [0.15, 0.2) is 54.7 Å². The van der Waals surface area contributed by atoms with Gasteiger partial charge in [0, 0.05) is 57.6 Å². The number of anilines is 1. The molecule has 0 radical (unpaired) electrons. The number of methoxy groups -OCH3 is 1. The van der Waals surface area contributed by atoms with Crippen molar-refractivity contribution in [3.05, 3.63) is 88.1 Å². The Kier molecular flexibility index (Phi) is 7.73. The van der Waals surface area contributed by atoms with Gasteiger partial charge in [-0.15, -0.1) is 0 Å². The Morgan fingerprint density at radius 2 is 1.83 bits per heavy atom. The minimum Gasteiger partial charge on any atom is -0.497 e. The molecule has 1 aromatic heterocycles. The lowest BCUT2D eigenvalue weighted by molar-refractivity contribution is 0.0970. The molecule has 1 unspecified atom stereocenters. The van der Waals surface area contributed by atoms with Crippen molar-refractivity contribution in [1.29, 1.82) is 0 Å². The predicted octanol–water partition coefficient (Wildman–Crippen LogP) is 5.01. The van der Waals surface area contributed by atoms with Gasteiger partial charge in [0.15, 0.2) is 17.4 Å². The van der Waals surface area contributed by atoms with Crippen LogP contribution in [0.25, 0.3) is 10.9 Å². The van der Waals surface area contributed by atoms with E-state index in [2.05, 4.69) is 10.3 Å². The van der Waals surface area contributed by atoms with E-state index in [1.807, 2.05) is 0 Å². The number of carbonyl (C=O) groups excluding carboxylic acids is 1. The number of halogens is 3. The first-order valence-corrected chi connectivity index (χ1v) is 11.3. The van der Waals surface area contributed by atoms with Gasteiger partial charge in [-0.1, -0.05) is 17.7 Å². The summed E-state index contributed by atoms with van der Waals surface area (Å²) >= 11 is 6.11. The number of hydrogen-bond donors (Lipinski definition) is 4. The van der Waals surface area contributed by atoms with Crippen LogP contribution >= 0.6 is 11.6 Å². The lowest BCUT2D eigenvalue weighted by atomic mass is 9.93. The maximum absolute atomic E-state index is 14.0. The van der Waals surface area contributed by atoms with E-state index in [1.165, 1.54) is 13.3 Å². The fourth-order valence-electron chi connectivity index (χ4n) is 3.94. The minimum atomic E-state index is -1.08. The summed E-state index contributed by atoms with van der Waals surface area (Å²) in [5.74, 6) is -1.76. The van der Waals surface area contributed by atoms with Crippen molar-refractivity contribution in [2.75, 3.05) is 25.6 Å². The average molecular weight is 517 g/mol. The Balaban J connectivity index is 1.82. The van der Waals surface area contributed by atoms with E-state index in [-0.39, 0.29) is 29.7 Å². The number of benzene rings is 3. The first-order chi connectivity index (χ1) is 17.3. The van der Waals surface area contributed by atoms with E-state index in [9.17, 15) is 18.7 Å². The van der Waals surface area contributed by atoms with Crippen LogP contribution in [0.4, 0.5) is 14.5 Å². The SMILES string of the molecule is COc1cc(NC(C(=O)c2c[nH]c3cc(F)c(F)cc23)c2ccc(Cl)cc2CO)cc(OCCO)c1. The number of ether oxygens (including phenoxy) is 2. The standard InChI is InChI=1S/C26H23ClF2N2O5/c1-35-17-7-16(8-18(9-17)36-5-4-32)31-25(19-3-2-15(27)6-14(19)13-33)26(34)21-12-30-24-11-23(29)22(28)10-20(21)24/h2-3,6-12,25,30-33H,4-5,13H2,1H3. The number of H-pyrrole nitrogens is 1. The third-order valence-electron chi connectivity index (χ3n) is 5.62. The predicted molar refractivity (Wildman–Crippen MR) is 132 cm³/mol. The number of ketones is 1. The molecule has 0 aliphatic carbocycles. The molecule has 4 aromatic rings. The van der Waals surface area contributed by atoms with Gasteiger partial charge >= 0.3 is 0 Å². The average Bonchev–Trinajstić information content (AvgIpc) is 3.28. The summed E-state index contributed by atoms with van der Waals surface area (Å²) in [6, 6.07) is 10.5. The van der Waals surface area contributed by atoms with Gasteiger partial charge in [-0.05, 0) is 29.3 Å². The molecule has 0 saturated carbocycles. The van der Waals surface area contributed by atoms with Crippen LogP contribution in [0.5, 0.6) is 11.5 Å². The van der Waals surface area contributed by atoms with Crippen molar-refractivity contribution < 1.29 is 33.3 Å². The highest BCUT2D eigenvalue weighted by atomic mass is 35.5. The molecule has 0 saturated heterocycles. The number of carbonyl (C=O) groups is 1. The first kappa shape index (κ1) is 25.4. The highest BCUT2D eigenvalue weighted by Gasteiger charge is 2.27. The number of Topliss-reactive ketones (excluding diaryl/α,β-unsaturated/α-hetero) is 1. The third-order valence-corrected chi connectivity index (χ3v) is 5.86. The van der Waals surface area contributed by atoms with Crippen molar-refractivity contribution in [2.24, 2.45) is 0 Å². The first-order valence-electron chi connectivity index (χ1n) is 10.9. The van der Waals surface area contributed by atoms with Gasteiger partial charge in [0.05, 0.1) is 20.3 Å². The maximum atomic E-state index is 14.0. The molecule has 1 heterocycles. The van der Waals surface area contributed by atoms with Crippen LogP contribution in [-0.4, -0.2) is 41.3 Å². The summed E-state index contributed by atoms with van der Waals surface area (Å²) in [4.78, 5) is 16.7. The fourth-order valence-corrected chi connectivity index (χ4v) is 4.13. The molecule has 4 N–H and O–H groups in total. The van der Waals surface area contributed by atoms with Crippen LogP contribution in [0.1, 0.15) is 27.5 Å². The van der Waals surface area contributed by atoms with E-state index in [1.54, 1.807) is 36.4 Å². The molecule has 0 amide bonds. The number of aromatic nitrogens is 1. The van der Waals surface area contributed by atoms with Crippen LogP contribution in [0.2, 0.25) is 5.02 Å². The fraction of sp³-hybridized carbons (Fsp3) is 0.192. The molecule has 0 bridgehead atoms. The zero-order valence-electron chi connectivity index (χ0n) is 19.1. The molecule has 0 aliphatic heterocycles. The van der Waals surface area contributed by atoms with Gasteiger partial charge in [0.2, 0.25) is 0 Å². The van der Waals surface area contributed by atoms with Crippen LogP contribution < -0.4 is 14.8 Å². The third kappa shape index (κ3) is 5.28. The Hall–Kier alpha value is -3.66. The number of nitrogens with one attached hydrogen (secondary N) is 2. The van der Waals surface area contributed by atoms with Gasteiger partial charge in [0.25, 0.3) is 0 Å². The molecule has 10 heteroatoms. The summed E-state index contributed by atoms with van der Waals surface area (Å²) in [6.45, 7) is -0.528. The van der Waals surface area contributed by atoms with Crippen molar-refractivity contribution >= 4 is 34.0 Å². The largest absolute Gasteiger partial charge is 0.497 e. The molecule has 0 fully saturated rings. The second-order valence-electron chi connectivity index (χ2n) is 7.93. The van der Waals surface area contributed by atoms with Crippen molar-refractivity contribution in [1.82, 2.24) is 4.98 Å².